The molecule has 0 saturated carbocycles. The molecule has 0 bridgehead atoms. The zero-order valence-corrected chi connectivity index (χ0v) is 12.9. The van der Waals surface area contributed by atoms with Crippen molar-refractivity contribution in [2.45, 2.75) is 24.9 Å². The van der Waals surface area contributed by atoms with E-state index in [0.717, 1.165) is 11.1 Å². The number of sulfonamides is 1. The molecule has 2 rings (SSSR count). The third kappa shape index (κ3) is 3.69. The first-order valence-electron chi connectivity index (χ1n) is 6.91. The molecule has 0 aromatic heterocycles. The van der Waals surface area contributed by atoms with Crippen LogP contribution in [0.15, 0.2) is 59.5 Å². The van der Waals surface area contributed by atoms with Gasteiger partial charge in [0, 0.05) is 19.6 Å². The lowest BCUT2D eigenvalue weighted by Crippen LogP contribution is -2.30. The third-order valence-electron chi connectivity index (χ3n) is 3.35. The van der Waals surface area contributed by atoms with Gasteiger partial charge in [0.1, 0.15) is 0 Å². The Hall–Kier alpha value is -1.69. The van der Waals surface area contributed by atoms with E-state index in [1.54, 1.807) is 24.3 Å². The summed E-state index contributed by atoms with van der Waals surface area (Å²) in [6.45, 7) is 3.05. The van der Waals surface area contributed by atoms with Crippen LogP contribution in [0.1, 0.15) is 18.1 Å². The van der Waals surface area contributed by atoms with Crippen LogP contribution in [0.2, 0.25) is 0 Å². The number of nitrogens with two attached hydrogens (primary N) is 1. The van der Waals surface area contributed by atoms with Gasteiger partial charge < -0.3 is 5.73 Å². The van der Waals surface area contributed by atoms with Gasteiger partial charge in [0.25, 0.3) is 0 Å². The minimum absolute atomic E-state index is 0.303. The van der Waals surface area contributed by atoms with E-state index in [-0.39, 0.29) is 0 Å². The highest BCUT2D eigenvalue weighted by atomic mass is 32.2. The maximum Gasteiger partial charge on any atom is 0.243 e. The molecule has 0 aliphatic carbocycles. The Bertz CT molecular complexity index is 667. The number of hydrogen-bond donors (Lipinski definition) is 1. The van der Waals surface area contributed by atoms with E-state index >= 15 is 0 Å². The van der Waals surface area contributed by atoms with Gasteiger partial charge in [-0.1, -0.05) is 49.4 Å². The van der Waals surface area contributed by atoms with Gasteiger partial charge in [0.05, 0.1) is 4.90 Å². The van der Waals surface area contributed by atoms with E-state index in [2.05, 4.69) is 0 Å². The van der Waals surface area contributed by atoms with Crippen molar-refractivity contribution in [3.05, 3.63) is 65.7 Å². The second-order valence-electron chi connectivity index (χ2n) is 4.76. The Morgan fingerprint density at radius 3 is 2.10 bits per heavy atom. The molecule has 21 heavy (non-hydrogen) atoms. The molecule has 0 atom stereocenters. The third-order valence-corrected chi connectivity index (χ3v) is 5.29. The van der Waals surface area contributed by atoms with Crippen LogP contribution in [0.4, 0.5) is 0 Å². The van der Waals surface area contributed by atoms with Crippen LogP contribution >= 0.6 is 0 Å². The molecule has 0 radical (unpaired) electrons. The van der Waals surface area contributed by atoms with Crippen LogP contribution in [0.5, 0.6) is 0 Å². The van der Waals surface area contributed by atoms with E-state index in [1.807, 2.05) is 37.3 Å². The summed E-state index contributed by atoms with van der Waals surface area (Å²) in [6, 6.07) is 16.3. The summed E-state index contributed by atoms with van der Waals surface area (Å²) in [5.41, 5.74) is 7.43. The minimum atomic E-state index is -3.48. The van der Waals surface area contributed by atoms with E-state index in [4.69, 9.17) is 5.73 Å². The van der Waals surface area contributed by atoms with E-state index < -0.39 is 10.0 Å². The zero-order valence-electron chi connectivity index (χ0n) is 12.1. The van der Waals surface area contributed by atoms with Gasteiger partial charge in [-0.05, 0) is 23.3 Å². The maximum atomic E-state index is 12.7. The van der Waals surface area contributed by atoms with Crippen molar-refractivity contribution < 1.29 is 8.42 Å². The summed E-state index contributed by atoms with van der Waals surface area (Å²) >= 11 is 0. The van der Waals surface area contributed by atoms with E-state index in [0.29, 0.717) is 24.5 Å². The largest absolute Gasteiger partial charge is 0.326 e. The van der Waals surface area contributed by atoms with Crippen molar-refractivity contribution in [1.82, 2.24) is 4.31 Å². The first kappa shape index (κ1) is 15.7. The average Bonchev–Trinajstić information content (AvgIpc) is 2.53. The lowest BCUT2D eigenvalue weighted by atomic mass is 10.2. The summed E-state index contributed by atoms with van der Waals surface area (Å²) in [7, 11) is -3.48. The highest BCUT2D eigenvalue weighted by Gasteiger charge is 2.22. The molecule has 2 N–H and O–H groups in total. The van der Waals surface area contributed by atoms with Gasteiger partial charge in [-0.15, -0.1) is 0 Å². The Morgan fingerprint density at radius 2 is 1.57 bits per heavy atom. The Morgan fingerprint density at radius 1 is 0.952 bits per heavy atom. The summed E-state index contributed by atoms with van der Waals surface area (Å²) in [5.74, 6) is 0. The van der Waals surface area contributed by atoms with Crippen LogP contribution in [-0.4, -0.2) is 19.3 Å². The normalized spacial score (nSPS) is 11.8. The summed E-state index contributed by atoms with van der Waals surface area (Å²) < 4.78 is 26.8. The molecule has 0 aliphatic rings. The van der Waals surface area contributed by atoms with Crippen molar-refractivity contribution >= 4 is 10.0 Å². The molecule has 0 heterocycles. The number of benzene rings is 2. The van der Waals surface area contributed by atoms with Gasteiger partial charge >= 0.3 is 0 Å². The van der Waals surface area contributed by atoms with Crippen molar-refractivity contribution in [2.24, 2.45) is 5.73 Å². The minimum Gasteiger partial charge on any atom is -0.326 e. The summed E-state index contributed by atoms with van der Waals surface area (Å²) in [5, 5.41) is 0. The molecule has 0 amide bonds. The van der Waals surface area contributed by atoms with Gasteiger partial charge in [-0.25, -0.2) is 8.42 Å². The first-order valence-corrected chi connectivity index (χ1v) is 8.35. The van der Waals surface area contributed by atoms with Crippen LogP contribution in [-0.2, 0) is 23.1 Å². The molecule has 0 spiro atoms. The summed E-state index contributed by atoms with van der Waals surface area (Å²) in [6.07, 6.45) is 0. The SMILES string of the molecule is CCN(Cc1ccccc1)S(=O)(=O)c1ccc(CN)cc1. The molecular weight excluding hydrogens is 284 g/mol. The van der Waals surface area contributed by atoms with Gasteiger partial charge in [0.15, 0.2) is 0 Å². The molecule has 2 aromatic carbocycles. The molecule has 0 fully saturated rings. The van der Waals surface area contributed by atoms with Crippen LogP contribution in [0.25, 0.3) is 0 Å². The number of hydrogen-bond acceptors (Lipinski definition) is 3. The lowest BCUT2D eigenvalue weighted by Gasteiger charge is -2.20. The smallest absolute Gasteiger partial charge is 0.243 e. The van der Waals surface area contributed by atoms with Crippen molar-refractivity contribution in [3.63, 3.8) is 0 Å². The van der Waals surface area contributed by atoms with Crippen LogP contribution < -0.4 is 5.73 Å². The fourth-order valence-electron chi connectivity index (χ4n) is 2.10. The van der Waals surface area contributed by atoms with Crippen molar-refractivity contribution in [2.75, 3.05) is 6.54 Å². The van der Waals surface area contributed by atoms with Gasteiger partial charge in [-0.3, -0.25) is 0 Å². The Kier molecular flexibility index (Phi) is 5.12. The Labute approximate surface area is 126 Å². The quantitative estimate of drug-likeness (QED) is 0.891. The van der Waals surface area contributed by atoms with Crippen LogP contribution in [0.3, 0.4) is 0 Å². The highest BCUT2D eigenvalue weighted by Crippen LogP contribution is 2.18. The molecule has 112 valence electrons. The number of rotatable bonds is 6. The monoisotopic (exact) mass is 304 g/mol. The van der Waals surface area contributed by atoms with Crippen molar-refractivity contribution in [1.29, 1.82) is 0 Å². The second-order valence-corrected chi connectivity index (χ2v) is 6.70. The number of nitrogens with zero attached hydrogens (tertiary/aromatic N) is 1. The highest BCUT2D eigenvalue weighted by molar-refractivity contribution is 7.89. The van der Waals surface area contributed by atoms with Crippen LogP contribution in [0, 0.1) is 0 Å². The standard InChI is InChI=1S/C16H20N2O2S/c1-2-18(13-15-6-4-3-5-7-15)21(19,20)16-10-8-14(12-17)9-11-16/h3-11H,2,12-13,17H2,1H3. The fraction of sp³-hybridized carbons (Fsp3) is 0.250. The maximum absolute atomic E-state index is 12.7. The average molecular weight is 304 g/mol. The van der Waals surface area contributed by atoms with E-state index in [1.165, 1.54) is 4.31 Å². The van der Waals surface area contributed by atoms with Gasteiger partial charge in [0.2, 0.25) is 10.0 Å². The van der Waals surface area contributed by atoms with Gasteiger partial charge in [-0.2, -0.15) is 4.31 Å². The van der Waals surface area contributed by atoms with E-state index in [9.17, 15) is 8.42 Å². The molecule has 4 nitrogen and oxygen atoms in total. The molecule has 5 heteroatoms. The molecule has 0 saturated heterocycles. The first-order chi connectivity index (χ1) is 10.1. The fourth-order valence-corrected chi connectivity index (χ4v) is 3.54. The molecule has 0 aliphatic heterocycles. The zero-order chi connectivity index (χ0) is 15.3. The second kappa shape index (κ2) is 6.85. The predicted molar refractivity (Wildman–Crippen MR) is 84.0 cm³/mol. The molecule has 0 unspecified atom stereocenters. The Balaban J connectivity index is 2.26. The molecule has 2 aromatic rings. The topological polar surface area (TPSA) is 63.4 Å². The lowest BCUT2D eigenvalue weighted by molar-refractivity contribution is 0.423. The molecular formula is C16H20N2O2S. The summed E-state index contributed by atoms with van der Waals surface area (Å²) in [4.78, 5) is 0.303. The van der Waals surface area contributed by atoms with Crippen molar-refractivity contribution in [3.8, 4) is 0 Å². The predicted octanol–water partition coefficient (Wildman–Crippen LogP) is 2.36.